The first-order chi connectivity index (χ1) is 12.8. The van der Waals surface area contributed by atoms with Crippen molar-refractivity contribution in [2.45, 2.75) is 43.4 Å². The zero-order valence-electron chi connectivity index (χ0n) is 15.3. The fourth-order valence-corrected chi connectivity index (χ4v) is 5.20. The number of thiophene rings is 1. The normalized spacial score (nSPS) is 14.7. The maximum absolute atomic E-state index is 12.9. The number of anilines is 1. The van der Waals surface area contributed by atoms with Gasteiger partial charge in [-0.05, 0) is 48.6 Å². The van der Waals surface area contributed by atoms with Crippen LogP contribution < -0.4 is 10.2 Å². The van der Waals surface area contributed by atoms with E-state index >= 15 is 0 Å². The Hall–Kier alpha value is -2.19. The van der Waals surface area contributed by atoms with Crippen LogP contribution in [0.2, 0.25) is 0 Å². The van der Waals surface area contributed by atoms with Gasteiger partial charge in [0.25, 0.3) is 0 Å². The Labute approximate surface area is 163 Å². The molecule has 1 N–H and O–H groups in total. The van der Waals surface area contributed by atoms with E-state index in [9.17, 15) is 18.0 Å². The Morgan fingerprint density at radius 3 is 2.74 bits per heavy atom. The van der Waals surface area contributed by atoms with Crippen molar-refractivity contribution in [3.63, 3.8) is 0 Å². The molecule has 0 spiro atoms. The molecule has 0 fully saturated rings. The second kappa shape index (κ2) is 7.82. The summed E-state index contributed by atoms with van der Waals surface area (Å²) in [4.78, 5) is 26.6. The predicted molar refractivity (Wildman–Crippen MR) is 106 cm³/mol. The summed E-state index contributed by atoms with van der Waals surface area (Å²) in [6.45, 7) is 4.02. The minimum absolute atomic E-state index is 0.0554. The van der Waals surface area contributed by atoms with Crippen LogP contribution >= 0.6 is 11.3 Å². The molecule has 27 heavy (non-hydrogen) atoms. The second-order valence-corrected chi connectivity index (χ2v) is 10.0. The van der Waals surface area contributed by atoms with Crippen LogP contribution in [0.25, 0.3) is 0 Å². The largest absolute Gasteiger partial charge is 0.351 e. The fourth-order valence-electron chi connectivity index (χ4n) is 3.16. The van der Waals surface area contributed by atoms with E-state index in [1.54, 1.807) is 24.0 Å². The lowest BCUT2D eigenvalue weighted by Crippen LogP contribution is -2.29. The number of benzene rings is 1. The number of sulfone groups is 1. The third-order valence-corrected chi connectivity index (χ3v) is 7.71. The van der Waals surface area contributed by atoms with E-state index in [2.05, 4.69) is 5.32 Å². The highest BCUT2D eigenvalue weighted by molar-refractivity contribution is 7.92. The number of nitrogens with zero attached hydrogens (tertiary/aromatic N) is 1. The van der Waals surface area contributed by atoms with E-state index < -0.39 is 15.1 Å². The summed E-state index contributed by atoms with van der Waals surface area (Å²) < 4.78 is 25.7. The summed E-state index contributed by atoms with van der Waals surface area (Å²) in [5.74, 6) is -0.344. The molecule has 0 saturated carbocycles. The Kier molecular flexibility index (Phi) is 5.67. The van der Waals surface area contributed by atoms with Gasteiger partial charge in [0.15, 0.2) is 9.84 Å². The van der Waals surface area contributed by atoms with Crippen LogP contribution in [0, 0.1) is 0 Å². The van der Waals surface area contributed by atoms with Gasteiger partial charge in [0.05, 0.1) is 16.7 Å². The average Bonchev–Trinajstić information content (AvgIpc) is 3.28. The zero-order valence-corrected chi connectivity index (χ0v) is 16.9. The molecule has 1 aliphatic heterocycles. The highest BCUT2D eigenvalue weighted by Gasteiger charge is 2.29. The van der Waals surface area contributed by atoms with Crippen LogP contribution in [0.5, 0.6) is 0 Å². The van der Waals surface area contributed by atoms with Crippen molar-refractivity contribution in [2.24, 2.45) is 0 Å². The minimum Gasteiger partial charge on any atom is -0.351 e. The summed E-state index contributed by atoms with van der Waals surface area (Å²) in [5, 5.41) is 3.86. The van der Waals surface area contributed by atoms with Crippen LogP contribution in [0.3, 0.4) is 0 Å². The molecule has 0 bridgehead atoms. The first-order valence-corrected chi connectivity index (χ1v) is 11.2. The number of fused-ring (bicyclic) bond motifs is 1. The predicted octanol–water partition coefficient (Wildman–Crippen LogP) is 2.53. The molecule has 8 heteroatoms. The highest BCUT2D eigenvalue weighted by atomic mass is 32.2. The van der Waals surface area contributed by atoms with Crippen molar-refractivity contribution in [2.75, 3.05) is 11.4 Å². The van der Waals surface area contributed by atoms with Crippen molar-refractivity contribution in [1.82, 2.24) is 5.32 Å². The van der Waals surface area contributed by atoms with Crippen molar-refractivity contribution >= 4 is 38.7 Å². The molecule has 3 rings (SSSR count). The SMILES string of the molecule is CC(=O)N1CCc2cc(S(=O)(=O)C(C)CC(=O)NCc3cccs3)ccc21. The molecule has 0 radical (unpaired) electrons. The monoisotopic (exact) mass is 406 g/mol. The lowest BCUT2D eigenvalue weighted by Gasteiger charge is -2.16. The quantitative estimate of drug-likeness (QED) is 0.799. The number of carbonyl (C=O) groups is 2. The van der Waals surface area contributed by atoms with Gasteiger partial charge < -0.3 is 10.2 Å². The van der Waals surface area contributed by atoms with Crippen LogP contribution in [-0.4, -0.2) is 32.0 Å². The molecule has 2 heterocycles. The van der Waals surface area contributed by atoms with Crippen molar-refractivity contribution < 1.29 is 18.0 Å². The second-order valence-electron chi connectivity index (χ2n) is 6.63. The van der Waals surface area contributed by atoms with Gasteiger partial charge >= 0.3 is 0 Å². The number of amides is 2. The number of hydrogen-bond donors (Lipinski definition) is 1. The van der Waals surface area contributed by atoms with Crippen LogP contribution in [0.1, 0.15) is 30.7 Å². The summed E-state index contributed by atoms with van der Waals surface area (Å²) in [6.07, 6.45) is 0.540. The Morgan fingerprint density at radius 2 is 2.07 bits per heavy atom. The van der Waals surface area contributed by atoms with E-state index in [1.807, 2.05) is 17.5 Å². The molecule has 2 aromatic rings. The molecule has 144 valence electrons. The van der Waals surface area contributed by atoms with Gasteiger partial charge in [0, 0.05) is 30.5 Å². The molecule has 0 aliphatic carbocycles. The van der Waals surface area contributed by atoms with Crippen LogP contribution in [0.4, 0.5) is 5.69 Å². The van der Waals surface area contributed by atoms with Gasteiger partial charge in [-0.3, -0.25) is 9.59 Å². The van der Waals surface area contributed by atoms with E-state index in [4.69, 9.17) is 0 Å². The zero-order chi connectivity index (χ0) is 19.6. The fraction of sp³-hybridized carbons (Fsp3) is 0.368. The summed E-state index contributed by atoms with van der Waals surface area (Å²) in [6, 6.07) is 8.66. The van der Waals surface area contributed by atoms with Crippen molar-refractivity contribution in [3.8, 4) is 0 Å². The van der Waals surface area contributed by atoms with Crippen molar-refractivity contribution in [3.05, 3.63) is 46.2 Å². The smallest absolute Gasteiger partial charge is 0.223 e. The maximum Gasteiger partial charge on any atom is 0.223 e. The Bertz CT molecular complexity index is 952. The van der Waals surface area contributed by atoms with E-state index in [1.165, 1.54) is 24.3 Å². The lowest BCUT2D eigenvalue weighted by atomic mass is 10.2. The van der Waals surface area contributed by atoms with Crippen LogP contribution in [-0.2, 0) is 32.4 Å². The van der Waals surface area contributed by atoms with Gasteiger partial charge in [0.1, 0.15) is 0 Å². The van der Waals surface area contributed by atoms with E-state index in [0.29, 0.717) is 19.5 Å². The molecule has 1 aromatic carbocycles. The molecule has 1 aromatic heterocycles. The standard InChI is InChI=1S/C19H22N2O4S2/c1-13(10-19(23)20-12-16-4-3-9-26-16)27(24,25)17-5-6-18-15(11-17)7-8-21(18)14(2)22/h3-6,9,11,13H,7-8,10,12H2,1-2H3,(H,20,23). The minimum atomic E-state index is -3.63. The molecule has 6 nitrogen and oxygen atoms in total. The highest BCUT2D eigenvalue weighted by Crippen LogP contribution is 2.31. The summed E-state index contributed by atoms with van der Waals surface area (Å²) >= 11 is 1.54. The van der Waals surface area contributed by atoms with Crippen LogP contribution in [0.15, 0.2) is 40.6 Å². The first-order valence-electron chi connectivity index (χ1n) is 8.73. The molecular formula is C19H22N2O4S2. The average molecular weight is 407 g/mol. The van der Waals surface area contributed by atoms with Gasteiger partial charge in [-0.15, -0.1) is 11.3 Å². The Balaban J connectivity index is 1.68. The molecule has 1 aliphatic rings. The third kappa shape index (κ3) is 4.22. The Morgan fingerprint density at radius 1 is 1.30 bits per heavy atom. The van der Waals surface area contributed by atoms with Crippen molar-refractivity contribution in [1.29, 1.82) is 0 Å². The molecular weight excluding hydrogens is 384 g/mol. The molecule has 0 saturated heterocycles. The van der Waals surface area contributed by atoms with E-state index in [-0.39, 0.29) is 23.1 Å². The van der Waals surface area contributed by atoms with Gasteiger partial charge in [-0.1, -0.05) is 6.07 Å². The number of rotatable bonds is 6. The van der Waals surface area contributed by atoms with Gasteiger partial charge in [-0.25, -0.2) is 8.42 Å². The van der Waals surface area contributed by atoms with Gasteiger partial charge in [0.2, 0.25) is 11.8 Å². The number of nitrogens with one attached hydrogen (secondary N) is 1. The number of hydrogen-bond acceptors (Lipinski definition) is 5. The maximum atomic E-state index is 12.9. The van der Waals surface area contributed by atoms with Gasteiger partial charge in [-0.2, -0.15) is 0 Å². The lowest BCUT2D eigenvalue weighted by molar-refractivity contribution is -0.121. The molecule has 1 atom stereocenters. The number of carbonyl (C=O) groups excluding carboxylic acids is 2. The topological polar surface area (TPSA) is 83.6 Å². The third-order valence-electron chi connectivity index (χ3n) is 4.70. The van der Waals surface area contributed by atoms with E-state index in [0.717, 1.165) is 16.1 Å². The summed E-state index contributed by atoms with van der Waals surface area (Å²) in [7, 11) is -3.63. The molecule has 1 unspecified atom stereocenters. The first kappa shape index (κ1) is 19.6. The summed E-state index contributed by atoms with van der Waals surface area (Å²) in [5.41, 5.74) is 1.61. The molecule has 2 amide bonds.